The Bertz CT molecular complexity index is 839. The molecule has 144 valence electrons. The maximum absolute atomic E-state index is 13.2. The minimum atomic E-state index is -0.516. The van der Waals surface area contributed by atoms with Crippen molar-refractivity contribution in [2.75, 3.05) is 42.3 Å². The highest BCUT2D eigenvalue weighted by Crippen LogP contribution is 2.41. The van der Waals surface area contributed by atoms with Gasteiger partial charge in [0.1, 0.15) is 5.82 Å². The van der Waals surface area contributed by atoms with Gasteiger partial charge in [-0.05, 0) is 31.0 Å². The lowest BCUT2D eigenvalue weighted by Crippen LogP contribution is -2.38. The summed E-state index contributed by atoms with van der Waals surface area (Å²) in [5.74, 6) is 0.315. The number of hydrogen-bond acceptors (Lipinski definition) is 6. The van der Waals surface area contributed by atoms with Gasteiger partial charge in [0.05, 0.1) is 24.0 Å². The molecule has 1 saturated carbocycles. The van der Waals surface area contributed by atoms with Gasteiger partial charge < -0.3 is 15.0 Å². The molecule has 2 heterocycles. The van der Waals surface area contributed by atoms with Crippen molar-refractivity contribution in [2.45, 2.75) is 24.0 Å². The molecule has 1 aliphatic heterocycles. The number of morpholine rings is 1. The number of thioether (sulfide) groups is 1. The number of rotatable bonds is 6. The van der Waals surface area contributed by atoms with Crippen molar-refractivity contribution in [3.05, 3.63) is 29.0 Å². The Labute approximate surface area is 165 Å². The molecule has 2 fully saturated rings. The van der Waals surface area contributed by atoms with Crippen molar-refractivity contribution in [1.29, 1.82) is 0 Å². The molecule has 0 spiro atoms. The van der Waals surface area contributed by atoms with Crippen molar-refractivity contribution in [3.8, 4) is 0 Å². The van der Waals surface area contributed by atoms with Gasteiger partial charge in [-0.15, -0.1) is 10.2 Å². The maximum atomic E-state index is 13.2. The second kappa shape index (κ2) is 8.04. The first kappa shape index (κ1) is 18.5. The standard InChI is InChI=1S/C17H19ClFN5O2S/c18-13-9-11(1-4-14(13)19)20-15(25)10-27-17-22-21-16(24(17)12-2-3-12)23-5-7-26-8-6-23/h1,4,9,12H,2-3,5-8,10H2,(H,20,25). The molecule has 27 heavy (non-hydrogen) atoms. The van der Waals surface area contributed by atoms with Crippen LogP contribution in [0.5, 0.6) is 0 Å². The van der Waals surface area contributed by atoms with Crippen molar-refractivity contribution in [2.24, 2.45) is 0 Å². The van der Waals surface area contributed by atoms with E-state index in [2.05, 4.69) is 25.0 Å². The Balaban J connectivity index is 1.41. The van der Waals surface area contributed by atoms with Crippen molar-refractivity contribution in [1.82, 2.24) is 14.8 Å². The number of carbonyl (C=O) groups excluding carboxylic acids is 1. The second-order valence-corrected chi connectivity index (χ2v) is 7.80. The SMILES string of the molecule is O=C(CSc1nnc(N2CCOCC2)n1C1CC1)Nc1ccc(F)c(Cl)c1. The smallest absolute Gasteiger partial charge is 0.234 e. The van der Waals surface area contributed by atoms with Crippen LogP contribution in [0.3, 0.4) is 0 Å². The van der Waals surface area contributed by atoms with E-state index in [1.807, 2.05) is 0 Å². The summed E-state index contributed by atoms with van der Waals surface area (Å²) in [5.41, 5.74) is 0.463. The van der Waals surface area contributed by atoms with E-state index in [0.717, 1.165) is 37.0 Å². The maximum Gasteiger partial charge on any atom is 0.234 e. The van der Waals surface area contributed by atoms with Crippen LogP contribution in [0.4, 0.5) is 16.0 Å². The Morgan fingerprint density at radius 3 is 2.81 bits per heavy atom. The quantitative estimate of drug-likeness (QED) is 0.737. The summed E-state index contributed by atoms with van der Waals surface area (Å²) in [7, 11) is 0. The fourth-order valence-corrected chi connectivity index (χ4v) is 3.88. The van der Waals surface area contributed by atoms with Crippen LogP contribution in [0.25, 0.3) is 0 Å². The summed E-state index contributed by atoms with van der Waals surface area (Å²) in [6.07, 6.45) is 2.20. The minimum absolute atomic E-state index is 0.0240. The van der Waals surface area contributed by atoms with Gasteiger partial charge in [-0.1, -0.05) is 23.4 Å². The molecular formula is C17H19ClFN5O2S. The van der Waals surface area contributed by atoms with Gasteiger partial charge in [-0.25, -0.2) is 4.39 Å². The number of aromatic nitrogens is 3. The third kappa shape index (κ3) is 4.36. The monoisotopic (exact) mass is 411 g/mol. The summed E-state index contributed by atoms with van der Waals surface area (Å²) in [6.45, 7) is 2.95. The molecule has 1 amide bonds. The lowest BCUT2D eigenvalue weighted by atomic mass is 10.3. The molecule has 1 saturated heterocycles. The third-order valence-corrected chi connectivity index (χ3v) is 5.62. The Hall–Kier alpha value is -1.84. The van der Waals surface area contributed by atoms with Crippen molar-refractivity contribution in [3.63, 3.8) is 0 Å². The number of anilines is 2. The van der Waals surface area contributed by atoms with Crippen LogP contribution in [0.1, 0.15) is 18.9 Å². The molecule has 2 aromatic rings. The van der Waals surface area contributed by atoms with Crippen LogP contribution in [0.2, 0.25) is 5.02 Å². The summed E-state index contributed by atoms with van der Waals surface area (Å²) >= 11 is 7.09. The highest BCUT2D eigenvalue weighted by Gasteiger charge is 2.32. The molecule has 2 aliphatic rings. The van der Waals surface area contributed by atoms with Gasteiger partial charge in [-0.2, -0.15) is 0 Å². The van der Waals surface area contributed by atoms with Gasteiger partial charge >= 0.3 is 0 Å². The van der Waals surface area contributed by atoms with E-state index in [9.17, 15) is 9.18 Å². The van der Waals surface area contributed by atoms with Crippen LogP contribution in [-0.4, -0.2) is 52.7 Å². The zero-order valence-corrected chi connectivity index (χ0v) is 16.1. The number of ether oxygens (including phenoxy) is 1. The van der Waals surface area contributed by atoms with Crippen molar-refractivity contribution < 1.29 is 13.9 Å². The number of nitrogens with one attached hydrogen (secondary N) is 1. The van der Waals surface area contributed by atoms with E-state index in [1.165, 1.54) is 30.0 Å². The average molecular weight is 412 g/mol. The molecule has 4 rings (SSSR count). The second-order valence-electron chi connectivity index (χ2n) is 6.45. The van der Waals surface area contributed by atoms with E-state index in [0.29, 0.717) is 24.9 Å². The van der Waals surface area contributed by atoms with Gasteiger partial charge in [-0.3, -0.25) is 9.36 Å². The Kier molecular flexibility index (Phi) is 5.51. The highest BCUT2D eigenvalue weighted by atomic mass is 35.5. The predicted molar refractivity (Wildman–Crippen MR) is 102 cm³/mol. The molecule has 1 aromatic carbocycles. The lowest BCUT2D eigenvalue weighted by Gasteiger charge is -2.27. The lowest BCUT2D eigenvalue weighted by molar-refractivity contribution is -0.113. The van der Waals surface area contributed by atoms with Gasteiger partial charge in [0.25, 0.3) is 0 Å². The topological polar surface area (TPSA) is 72.3 Å². The summed E-state index contributed by atoms with van der Waals surface area (Å²) in [5, 5.41) is 12.1. The molecule has 7 nitrogen and oxygen atoms in total. The number of carbonyl (C=O) groups is 1. The molecule has 0 atom stereocenters. The van der Waals surface area contributed by atoms with E-state index >= 15 is 0 Å². The van der Waals surface area contributed by atoms with Crippen LogP contribution < -0.4 is 10.2 Å². The molecule has 0 unspecified atom stereocenters. The van der Waals surface area contributed by atoms with E-state index in [1.54, 1.807) is 0 Å². The first-order chi connectivity index (χ1) is 13.1. The Morgan fingerprint density at radius 2 is 2.11 bits per heavy atom. The van der Waals surface area contributed by atoms with Gasteiger partial charge in [0.2, 0.25) is 11.9 Å². The zero-order valence-electron chi connectivity index (χ0n) is 14.5. The Morgan fingerprint density at radius 1 is 1.33 bits per heavy atom. The molecular weight excluding hydrogens is 393 g/mol. The highest BCUT2D eigenvalue weighted by molar-refractivity contribution is 7.99. The van der Waals surface area contributed by atoms with Gasteiger partial charge in [0, 0.05) is 24.8 Å². The molecule has 1 aromatic heterocycles. The van der Waals surface area contributed by atoms with Crippen LogP contribution in [0, 0.1) is 5.82 Å². The summed E-state index contributed by atoms with van der Waals surface area (Å²) < 4.78 is 20.8. The van der Waals surface area contributed by atoms with Crippen LogP contribution in [-0.2, 0) is 9.53 Å². The minimum Gasteiger partial charge on any atom is -0.378 e. The normalized spacial score (nSPS) is 17.2. The van der Waals surface area contributed by atoms with E-state index in [-0.39, 0.29) is 16.7 Å². The fourth-order valence-electron chi connectivity index (χ4n) is 2.90. The summed E-state index contributed by atoms with van der Waals surface area (Å²) in [6, 6.07) is 4.50. The first-order valence-electron chi connectivity index (χ1n) is 8.77. The average Bonchev–Trinajstić information content (AvgIpc) is 3.43. The number of halogens is 2. The largest absolute Gasteiger partial charge is 0.378 e. The summed E-state index contributed by atoms with van der Waals surface area (Å²) in [4.78, 5) is 14.4. The zero-order chi connectivity index (χ0) is 18.8. The third-order valence-electron chi connectivity index (χ3n) is 4.39. The number of benzene rings is 1. The van der Waals surface area contributed by atoms with Crippen LogP contribution >= 0.6 is 23.4 Å². The number of amides is 1. The van der Waals surface area contributed by atoms with Gasteiger partial charge in [0.15, 0.2) is 5.16 Å². The first-order valence-corrected chi connectivity index (χ1v) is 10.1. The van der Waals surface area contributed by atoms with E-state index < -0.39 is 5.82 Å². The van der Waals surface area contributed by atoms with Crippen LogP contribution in [0.15, 0.2) is 23.4 Å². The molecule has 0 bridgehead atoms. The predicted octanol–water partition coefficient (Wildman–Crippen LogP) is 2.97. The molecule has 1 aliphatic carbocycles. The molecule has 0 radical (unpaired) electrons. The van der Waals surface area contributed by atoms with E-state index in [4.69, 9.17) is 16.3 Å². The fraction of sp³-hybridized carbons (Fsp3) is 0.471. The molecule has 10 heteroatoms. The molecule has 1 N–H and O–H groups in total. The number of nitrogens with zero attached hydrogens (tertiary/aromatic N) is 4. The van der Waals surface area contributed by atoms with Crippen molar-refractivity contribution >= 4 is 40.9 Å². The number of hydrogen-bond donors (Lipinski definition) is 1.